The van der Waals surface area contributed by atoms with E-state index in [-0.39, 0.29) is 0 Å². The zero-order valence-electron chi connectivity index (χ0n) is 15.0. The smallest absolute Gasteiger partial charge is 0.314 e. The van der Waals surface area contributed by atoms with Crippen molar-refractivity contribution in [1.29, 1.82) is 0 Å². The number of carbonyl (C=O) groups is 2. The van der Waals surface area contributed by atoms with Crippen molar-refractivity contribution in [3.05, 3.63) is 35.7 Å². The SMILES string of the molecule is CCCCOc1ccccc1NC(=O)C(=O)Nc1c(C)nn(C)c1C. The van der Waals surface area contributed by atoms with Crippen molar-refractivity contribution in [2.45, 2.75) is 33.6 Å². The molecule has 1 aromatic heterocycles. The topological polar surface area (TPSA) is 85.2 Å². The van der Waals surface area contributed by atoms with E-state index < -0.39 is 11.8 Å². The van der Waals surface area contributed by atoms with Crippen LogP contribution in [0.2, 0.25) is 0 Å². The molecule has 0 atom stereocenters. The third-order valence-corrected chi connectivity index (χ3v) is 3.84. The number of ether oxygens (including phenoxy) is 1. The maximum Gasteiger partial charge on any atom is 0.314 e. The van der Waals surface area contributed by atoms with Crippen LogP contribution in [0.3, 0.4) is 0 Å². The van der Waals surface area contributed by atoms with E-state index >= 15 is 0 Å². The molecule has 0 spiro atoms. The Hall–Kier alpha value is -2.83. The number of nitrogens with zero attached hydrogens (tertiary/aromatic N) is 2. The van der Waals surface area contributed by atoms with Crippen molar-refractivity contribution in [1.82, 2.24) is 9.78 Å². The van der Waals surface area contributed by atoms with Gasteiger partial charge in [-0.2, -0.15) is 5.10 Å². The first-order valence-electron chi connectivity index (χ1n) is 8.28. The zero-order chi connectivity index (χ0) is 18.4. The average molecular weight is 344 g/mol. The Morgan fingerprint density at radius 3 is 2.48 bits per heavy atom. The lowest BCUT2D eigenvalue weighted by atomic mass is 10.2. The summed E-state index contributed by atoms with van der Waals surface area (Å²) in [6.07, 6.45) is 1.93. The van der Waals surface area contributed by atoms with Crippen LogP contribution in [-0.4, -0.2) is 28.2 Å². The Bertz CT molecular complexity index is 768. The van der Waals surface area contributed by atoms with E-state index in [9.17, 15) is 9.59 Å². The van der Waals surface area contributed by atoms with Crippen molar-refractivity contribution in [3.8, 4) is 5.75 Å². The molecule has 2 aromatic rings. The Balaban J connectivity index is 2.05. The number of hydrogen-bond acceptors (Lipinski definition) is 4. The molecule has 0 aliphatic rings. The van der Waals surface area contributed by atoms with Gasteiger partial charge in [-0.3, -0.25) is 14.3 Å². The normalized spacial score (nSPS) is 10.4. The summed E-state index contributed by atoms with van der Waals surface area (Å²) < 4.78 is 7.31. The van der Waals surface area contributed by atoms with Gasteiger partial charge in [0.15, 0.2) is 0 Å². The second kappa shape index (κ2) is 8.32. The highest BCUT2D eigenvalue weighted by atomic mass is 16.5. The van der Waals surface area contributed by atoms with Gasteiger partial charge >= 0.3 is 11.8 Å². The van der Waals surface area contributed by atoms with E-state index in [4.69, 9.17) is 4.74 Å². The van der Waals surface area contributed by atoms with Crippen LogP contribution in [-0.2, 0) is 16.6 Å². The molecule has 2 N–H and O–H groups in total. The van der Waals surface area contributed by atoms with Crippen LogP contribution >= 0.6 is 0 Å². The van der Waals surface area contributed by atoms with Crippen LogP contribution in [0.5, 0.6) is 5.75 Å². The fourth-order valence-corrected chi connectivity index (χ4v) is 2.33. The molecule has 0 radical (unpaired) electrons. The number of hydrogen-bond donors (Lipinski definition) is 2. The van der Waals surface area contributed by atoms with Crippen molar-refractivity contribution in [3.63, 3.8) is 0 Å². The van der Waals surface area contributed by atoms with Crippen molar-refractivity contribution >= 4 is 23.2 Å². The first kappa shape index (κ1) is 18.5. The third kappa shape index (κ3) is 4.59. The van der Waals surface area contributed by atoms with Gasteiger partial charge in [-0.05, 0) is 32.4 Å². The number of nitrogens with one attached hydrogen (secondary N) is 2. The molecule has 1 heterocycles. The molecule has 2 amide bonds. The number of carbonyl (C=O) groups excluding carboxylic acids is 2. The molecular weight excluding hydrogens is 320 g/mol. The molecule has 25 heavy (non-hydrogen) atoms. The summed E-state index contributed by atoms with van der Waals surface area (Å²) in [5.41, 5.74) is 2.46. The van der Waals surface area contributed by atoms with Crippen LogP contribution in [0, 0.1) is 13.8 Å². The van der Waals surface area contributed by atoms with E-state index in [1.807, 2.05) is 13.0 Å². The number of benzene rings is 1. The Morgan fingerprint density at radius 2 is 1.84 bits per heavy atom. The maximum atomic E-state index is 12.2. The minimum absolute atomic E-state index is 0.471. The lowest BCUT2D eigenvalue weighted by molar-refractivity contribution is -0.133. The molecule has 0 saturated heterocycles. The molecule has 0 unspecified atom stereocenters. The molecule has 0 fully saturated rings. The minimum atomic E-state index is -0.755. The molecule has 0 bridgehead atoms. The van der Waals surface area contributed by atoms with Gasteiger partial charge < -0.3 is 15.4 Å². The Labute approximate surface area is 147 Å². The van der Waals surface area contributed by atoms with Gasteiger partial charge in [0.25, 0.3) is 0 Å². The summed E-state index contributed by atoms with van der Waals surface area (Å²) in [5, 5.41) is 9.43. The molecule has 134 valence electrons. The summed E-state index contributed by atoms with van der Waals surface area (Å²) in [6.45, 7) is 6.23. The zero-order valence-corrected chi connectivity index (χ0v) is 15.0. The maximum absolute atomic E-state index is 12.2. The average Bonchev–Trinajstić information content (AvgIpc) is 2.82. The first-order valence-corrected chi connectivity index (χ1v) is 8.28. The summed E-state index contributed by atoms with van der Waals surface area (Å²) in [7, 11) is 1.78. The largest absolute Gasteiger partial charge is 0.491 e. The Kier molecular flexibility index (Phi) is 6.16. The summed E-state index contributed by atoms with van der Waals surface area (Å²) in [5.74, 6) is -0.956. The van der Waals surface area contributed by atoms with E-state index in [1.54, 1.807) is 36.9 Å². The van der Waals surface area contributed by atoms with Crippen LogP contribution in [0.15, 0.2) is 24.3 Å². The number of aryl methyl sites for hydroxylation is 2. The predicted octanol–water partition coefficient (Wildman–Crippen LogP) is 2.79. The third-order valence-electron chi connectivity index (χ3n) is 3.84. The van der Waals surface area contributed by atoms with E-state index in [2.05, 4.69) is 22.7 Å². The minimum Gasteiger partial charge on any atom is -0.491 e. The fourth-order valence-electron chi connectivity index (χ4n) is 2.33. The predicted molar refractivity (Wildman–Crippen MR) is 96.8 cm³/mol. The summed E-state index contributed by atoms with van der Waals surface area (Å²) >= 11 is 0. The van der Waals surface area contributed by atoms with Crippen molar-refractivity contribution in [2.24, 2.45) is 7.05 Å². The monoisotopic (exact) mass is 344 g/mol. The first-order chi connectivity index (χ1) is 11.9. The van der Waals surface area contributed by atoms with E-state index in [0.29, 0.717) is 29.4 Å². The van der Waals surface area contributed by atoms with Crippen molar-refractivity contribution in [2.75, 3.05) is 17.2 Å². The number of rotatable bonds is 6. The molecule has 1 aromatic carbocycles. The molecule has 0 aliphatic heterocycles. The molecule has 2 rings (SSSR count). The van der Waals surface area contributed by atoms with Gasteiger partial charge in [-0.25, -0.2) is 0 Å². The molecule has 0 aliphatic carbocycles. The number of aromatic nitrogens is 2. The standard InChI is InChI=1S/C18H24N4O3/c1-5-6-11-25-15-10-8-7-9-14(15)19-17(23)18(24)20-16-12(2)21-22(4)13(16)3/h7-10H,5-6,11H2,1-4H3,(H,19,23)(H,20,24). The van der Waals surface area contributed by atoms with Crippen molar-refractivity contribution < 1.29 is 14.3 Å². The van der Waals surface area contributed by atoms with Gasteiger partial charge in [0.1, 0.15) is 5.75 Å². The highest BCUT2D eigenvalue weighted by Crippen LogP contribution is 2.24. The molecular formula is C18H24N4O3. The van der Waals surface area contributed by atoms with Gasteiger partial charge in [-0.15, -0.1) is 0 Å². The Morgan fingerprint density at radius 1 is 1.16 bits per heavy atom. The van der Waals surface area contributed by atoms with E-state index in [0.717, 1.165) is 18.5 Å². The van der Waals surface area contributed by atoms with Gasteiger partial charge in [-0.1, -0.05) is 25.5 Å². The molecule has 7 nitrogen and oxygen atoms in total. The summed E-state index contributed by atoms with van der Waals surface area (Å²) in [4.78, 5) is 24.4. The molecule has 7 heteroatoms. The second-order valence-electron chi connectivity index (χ2n) is 5.78. The summed E-state index contributed by atoms with van der Waals surface area (Å²) in [6, 6.07) is 7.06. The number of anilines is 2. The van der Waals surface area contributed by atoms with E-state index in [1.165, 1.54) is 0 Å². The lowest BCUT2D eigenvalue weighted by Crippen LogP contribution is -2.29. The lowest BCUT2D eigenvalue weighted by Gasteiger charge is -2.12. The molecule has 0 saturated carbocycles. The van der Waals surface area contributed by atoms with Gasteiger partial charge in [0.2, 0.25) is 0 Å². The van der Waals surface area contributed by atoms with Gasteiger partial charge in [0.05, 0.1) is 29.4 Å². The number of para-hydroxylation sites is 2. The van der Waals surface area contributed by atoms with Crippen LogP contribution in [0.4, 0.5) is 11.4 Å². The number of unbranched alkanes of at least 4 members (excludes halogenated alkanes) is 1. The highest BCUT2D eigenvalue weighted by Gasteiger charge is 2.19. The highest BCUT2D eigenvalue weighted by molar-refractivity contribution is 6.43. The quantitative estimate of drug-likeness (QED) is 0.623. The van der Waals surface area contributed by atoms with Crippen LogP contribution < -0.4 is 15.4 Å². The van der Waals surface area contributed by atoms with Gasteiger partial charge in [0, 0.05) is 7.05 Å². The van der Waals surface area contributed by atoms with Crippen LogP contribution in [0.25, 0.3) is 0 Å². The number of amides is 2. The van der Waals surface area contributed by atoms with Crippen LogP contribution in [0.1, 0.15) is 31.2 Å². The second-order valence-corrected chi connectivity index (χ2v) is 5.78. The fraction of sp³-hybridized carbons (Fsp3) is 0.389.